The van der Waals surface area contributed by atoms with E-state index < -0.39 is 9.84 Å². The van der Waals surface area contributed by atoms with E-state index in [0.717, 1.165) is 12.8 Å². The van der Waals surface area contributed by atoms with Crippen molar-refractivity contribution in [3.63, 3.8) is 0 Å². The monoisotopic (exact) mass is 346 g/mol. The third-order valence-electron chi connectivity index (χ3n) is 3.17. The summed E-state index contributed by atoms with van der Waals surface area (Å²) in [5.74, 6) is 0.0793. The molecule has 1 fully saturated rings. The minimum absolute atomic E-state index is 0.124. The van der Waals surface area contributed by atoms with E-state index in [1.807, 2.05) is 0 Å². The second-order valence-electron chi connectivity index (χ2n) is 5.05. The van der Waals surface area contributed by atoms with Gasteiger partial charge in [0, 0.05) is 0 Å². The number of rotatable bonds is 5. The second kappa shape index (κ2) is 5.55. The lowest BCUT2D eigenvalue weighted by molar-refractivity contribution is 0.574. The Hall–Kier alpha value is -1.18. The molecule has 0 radical (unpaired) electrons. The Morgan fingerprint density at radius 2 is 1.95 bits per heavy atom. The van der Waals surface area contributed by atoms with Crippen molar-refractivity contribution in [1.29, 1.82) is 0 Å². The van der Waals surface area contributed by atoms with Crippen LogP contribution in [0.3, 0.4) is 0 Å². The Kier molecular flexibility index (Phi) is 3.90. The lowest BCUT2D eigenvalue weighted by atomic mass is 10.2. The van der Waals surface area contributed by atoms with Gasteiger partial charge in [-0.2, -0.15) is 0 Å². The summed E-state index contributed by atoms with van der Waals surface area (Å²) in [6.07, 6.45) is 1.98. The van der Waals surface area contributed by atoms with Gasteiger partial charge in [-0.25, -0.2) is 13.1 Å². The fourth-order valence-electron chi connectivity index (χ4n) is 2.04. The van der Waals surface area contributed by atoms with Crippen LogP contribution in [0, 0.1) is 0 Å². The zero-order valence-electron chi connectivity index (χ0n) is 10.9. The summed E-state index contributed by atoms with van der Waals surface area (Å²) in [5, 5.41) is 12.0. The van der Waals surface area contributed by atoms with Crippen LogP contribution in [-0.4, -0.2) is 28.6 Å². The van der Waals surface area contributed by atoms with E-state index in [2.05, 4.69) is 15.5 Å². The fourth-order valence-corrected chi connectivity index (χ4v) is 3.73. The quantitative estimate of drug-likeness (QED) is 0.830. The van der Waals surface area contributed by atoms with Crippen LogP contribution in [0.25, 0.3) is 0 Å². The summed E-state index contributed by atoms with van der Waals surface area (Å²) in [4.78, 5) is 0. The third-order valence-corrected chi connectivity index (χ3v) is 5.38. The highest BCUT2D eigenvalue weighted by atomic mass is 35.5. The molecule has 112 valence electrons. The number of aromatic nitrogens is 4. The Labute approximate surface area is 132 Å². The van der Waals surface area contributed by atoms with E-state index in [-0.39, 0.29) is 17.5 Å². The standard InChI is InChI=1S/C12H12Cl2N4O2S/c13-10-4-1-8(5-11(10)14)6-21(19,20)7-12-15-16-17-18(12)9-2-3-9/h1,4-5,9H,2-3,6-7H2. The predicted molar refractivity (Wildman–Crippen MR) is 78.9 cm³/mol. The van der Waals surface area contributed by atoms with Gasteiger partial charge >= 0.3 is 0 Å². The molecule has 0 atom stereocenters. The highest BCUT2D eigenvalue weighted by Gasteiger charge is 2.29. The van der Waals surface area contributed by atoms with Crippen LogP contribution >= 0.6 is 23.2 Å². The number of sulfone groups is 1. The van der Waals surface area contributed by atoms with Crippen LogP contribution in [-0.2, 0) is 21.3 Å². The number of tetrazole rings is 1. The van der Waals surface area contributed by atoms with Crippen molar-refractivity contribution in [2.45, 2.75) is 30.4 Å². The SMILES string of the molecule is O=S(=O)(Cc1ccc(Cl)c(Cl)c1)Cc1nnnn1C1CC1. The minimum Gasteiger partial charge on any atom is -0.228 e. The van der Waals surface area contributed by atoms with Crippen LogP contribution in [0.1, 0.15) is 30.3 Å². The van der Waals surface area contributed by atoms with Gasteiger partial charge in [-0.15, -0.1) is 5.10 Å². The van der Waals surface area contributed by atoms with Crippen molar-refractivity contribution in [3.8, 4) is 0 Å². The molecule has 1 aliphatic rings. The summed E-state index contributed by atoms with van der Waals surface area (Å²) in [7, 11) is -3.38. The van der Waals surface area contributed by atoms with Gasteiger partial charge in [-0.1, -0.05) is 29.3 Å². The molecule has 0 bridgehead atoms. The smallest absolute Gasteiger partial charge is 0.166 e. The number of halogens is 2. The van der Waals surface area contributed by atoms with E-state index in [1.165, 1.54) is 0 Å². The van der Waals surface area contributed by atoms with Crippen molar-refractivity contribution >= 4 is 33.0 Å². The maximum Gasteiger partial charge on any atom is 0.166 e. The molecule has 2 aromatic rings. The van der Waals surface area contributed by atoms with Crippen LogP contribution in [0.2, 0.25) is 10.0 Å². The van der Waals surface area contributed by atoms with Gasteiger partial charge in [0.25, 0.3) is 0 Å². The lowest BCUT2D eigenvalue weighted by Crippen LogP contribution is -2.13. The van der Waals surface area contributed by atoms with Crippen molar-refractivity contribution < 1.29 is 8.42 Å². The van der Waals surface area contributed by atoms with E-state index in [4.69, 9.17) is 23.2 Å². The van der Waals surface area contributed by atoms with Gasteiger partial charge in [0.05, 0.1) is 21.8 Å². The van der Waals surface area contributed by atoms with Crippen molar-refractivity contribution in [2.75, 3.05) is 0 Å². The van der Waals surface area contributed by atoms with Gasteiger partial charge in [0.2, 0.25) is 0 Å². The molecule has 1 heterocycles. The van der Waals surface area contributed by atoms with Gasteiger partial charge in [0.1, 0.15) is 5.75 Å². The van der Waals surface area contributed by atoms with E-state index in [9.17, 15) is 8.42 Å². The summed E-state index contributed by atoms with van der Waals surface area (Å²) in [6, 6.07) is 5.04. The van der Waals surface area contributed by atoms with E-state index >= 15 is 0 Å². The minimum atomic E-state index is -3.38. The Morgan fingerprint density at radius 3 is 2.62 bits per heavy atom. The Bertz CT molecular complexity index is 771. The molecule has 9 heteroatoms. The molecule has 0 aliphatic heterocycles. The zero-order chi connectivity index (χ0) is 15.0. The molecule has 1 aliphatic carbocycles. The van der Waals surface area contributed by atoms with E-state index in [0.29, 0.717) is 21.4 Å². The Morgan fingerprint density at radius 1 is 1.19 bits per heavy atom. The molecule has 1 aromatic carbocycles. The lowest BCUT2D eigenvalue weighted by Gasteiger charge is -2.06. The molecular formula is C12H12Cl2N4O2S. The summed E-state index contributed by atoms with van der Waals surface area (Å²) in [5.41, 5.74) is 0.592. The molecule has 0 saturated heterocycles. The maximum atomic E-state index is 12.3. The van der Waals surface area contributed by atoms with Crippen molar-refractivity contribution in [1.82, 2.24) is 20.2 Å². The predicted octanol–water partition coefficient (Wildman–Crippen LogP) is 2.43. The third kappa shape index (κ3) is 3.53. The van der Waals surface area contributed by atoms with Crippen molar-refractivity contribution in [3.05, 3.63) is 39.6 Å². The molecular weight excluding hydrogens is 335 g/mol. The first-order chi connectivity index (χ1) is 9.94. The first kappa shape index (κ1) is 14.7. The first-order valence-electron chi connectivity index (χ1n) is 6.36. The molecule has 0 spiro atoms. The second-order valence-corrected chi connectivity index (χ2v) is 7.93. The summed E-state index contributed by atoms with van der Waals surface area (Å²) >= 11 is 11.7. The highest BCUT2D eigenvalue weighted by Crippen LogP contribution is 2.34. The molecule has 0 N–H and O–H groups in total. The molecule has 6 nitrogen and oxygen atoms in total. The van der Waals surface area contributed by atoms with Gasteiger partial charge < -0.3 is 0 Å². The van der Waals surface area contributed by atoms with Crippen molar-refractivity contribution in [2.24, 2.45) is 0 Å². The summed E-state index contributed by atoms with van der Waals surface area (Å²) in [6.45, 7) is 0. The normalized spacial score (nSPS) is 15.3. The Balaban J connectivity index is 1.77. The fraction of sp³-hybridized carbons (Fsp3) is 0.417. The van der Waals surface area contributed by atoms with Crippen LogP contribution in [0.15, 0.2) is 18.2 Å². The number of benzene rings is 1. The van der Waals surface area contributed by atoms with Gasteiger partial charge in [0.15, 0.2) is 15.7 Å². The number of hydrogen-bond acceptors (Lipinski definition) is 5. The average Bonchev–Trinajstić information content (AvgIpc) is 3.15. The topological polar surface area (TPSA) is 77.7 Å². The average molecular weight is 347 g/mol. The number of nitrogens with zero attached hydrogens (tertiary/aromatic N) is 4. The molecule has 1 saturated carbocycles. The molecule has 21 heavy (non-hydrogen) atoms. The van der Waals surface area contributed by atoms with Crippen LogP contribution < -0.4 is 0 Å². The molecule has 0 amide bonds. The zero-order valence-corrected chi connectivity index (χ0v) is 13.2. The van der Waals surface area contributed by atoms with Crippen LogP contribution in [0.5, 0.6) is 0 Å². The highest BCUT2D eigenvalue weighted by molar-refractivity contribution is 7.89. The number of hydrogen-bond donors (Lipinski definition) is 0. The van der Waals surface area contributed by atoms with Gasteiger partial charge in [-0.3, -0.25) is 0 Å². The largest absolute Gasteiger partial charge is 0.228 e. The molecule has 3 rings (SSSR count). The van der Waals surface area contributed by atoms with Gasteiger partial charge in [-0.05, 0) is 41.0 Å². The molecule has 0 unspecified atom stereocenters. The van der Waals surface area contributed by atoms with E-state index in [1.54, 1.807) is 22.9 Å². The summed E-state index contributed by atoms with van der Waals surface area (Å²) < 4.78 is 26.2. The molecule has 1 aromatic heterocycles. The first-order valence-corrected chi connectivity index (χ1v) is 8.93. The maximum absolute atomic E-state index is 12.3. The van der Waals surface area contributed by atoms with Crippen LogP contribution in [0.4, 0.5) is 0 Å².